The van der Waals surface area contributed by atoms with Crippen LogP contribution in [0.25, 0.3) is 0 Å². The molecular formula is C10H13ClN2. The van der Waals surface area contributed by atoms with Crippen molar-refractivity contribution in [2.24, 2.45) is 0 Å². The lowest BCUT2D eigenvalue weighted by Crippen LogP contribution is -2.29. The molecule has 1 saturated heterocycles. The van der Waals surface area contributed by atoms with Gasteiger partial charge in [0.25, 0.3) is 0 Å². The van der Waals surface area contributed by atoms with E-state index in [4.69, 9.17) is 11.6 Å². The molecule has 0 unspecified atom stereocenters. The number of rotatable bonds is 1. The summed E-state index contributed by atoms with van der Waals surface area (Å²) in [6.07, 6.45) is 5.80. The van der Waals surface area contributed by atoms with E-state index in [0.717, 1.165) is 13.1 Å². The van der Waals surface area contributed by atoms with Crippen molar-refractivity contribution in [3.8, 4) is 0 Å². The number of piperidine rings is 1. The molecule has 70 valence electrons. The monoisotopic (exact) mass is 196 g/mol. The fourth-order valence-corrected chi connectivity index (χ4v) is 1.82. The number of hydrogen-bond donors (Lipinski definition) is 0. The minimum atomic E-state index is 0.570. The van der Waals surface area contributed by atoms with Crippen LogP contribution < -0.4 is 4.90 Å². The maximum absolute atomic E-state index is 5.72. The maximum atomic E-state index is 5.72. The second kappa shape index (κ2) is 3.97. The van der Waals surface area contributed by atoms with Crippen LogP contribution in [0.1, 0.15) is 19.3 Å². The third-order valence-electron chi connectivity index (χ3n) is 2.43. The van der Waals surface area contributed by atoms with Gasteiger partial charge in [-0.3, -0.25) is 0 Å². The minimum absolute atomic E-state index is 0.570. The second-order valence-corrected chi connectivity index (χ2v) is 3.77. The van der Waals surface area contributed by atoms with Crippen molar-refractivity contribution in [2.75, 3.05) is 18.0 Å². The van der Waals surface area contributed by atoms with Crippen molar-refractivity contribution in [3.05, 3.63) is 23.5 Å². The third kappa shape index (κ3) is 2.13. The lowest BCUT2D eigenvalue weighted by molar-refractivity contribution is 0.577. The average Bonchev–Trinajstić information content (AvgIpc) is 2.20. The molecule has 1 fully saturated rings. The first kappa shape index (κ1) is 8.82. The van der Waals surface area contributed by atoms with E-state index in [1.165, 1.54) is 24.9 Å². The molecule has 1 aromatic rings. The van der Waals surface area contributed by atoms with Gasteiger partial charge in [-0.05, 0) is 31.4 Å². The van der Waals surface area contributed by atoms with Gasteiger partial charge in [0.1, 0.15) is 5.15 Å². The van der Waals surface area contributed by atoms with Crippen LogP contribution in [0.3, 0.4) is 0 Å². The van der Waals surface area contributed by atoms with Crippen molar-refractivity contribution in [3.63, 3.8) is 0 Å². The summed E-state index contributed by atoms with van der Waals surface area (Å²) in [4.78, 5) is 6.45. The summed E-state index contributed by atoms with van der Waals surface area (Å²) in [5.41, 5.74) is 1.20. The van der Waals surface area contributed by atoms with E-state index < -0.39 is 0 Å². The van der Waals surface area contributed by atoms with Gasteiger partial charge in [-0.25, -0.2) is 4.98 Å². The molecule has 2 nitrogen and oxygen atoms in total. The Kier molecular flexibility index (Phi) is 2.69. The lowest BCUT2D eigenvalue weighted by Gasteiger charge is -2.28. The highest BCUT2D eigenvalue weighted by Crippen LogP contribution is 2.19. The molecular weight excluding hydrogens is 184 g/mol. The zero-order valence-corrected chi connectivity index (χ0v) is 8.30. The Hall–Kier alpha value is -0.760. The second-order valence-electron chi connectivity index (χ2n) is 3.39. The van der Waals surface area contributed by atoms with E-state index in [2.05, 4.69) is 9.88 Å². The van der Waals surface area contributed by atoms with Crippen LogP contribution in [-0.2, 0) is 0 Å². The largest absolute Gasteiger partial charge is 0.370 e. The van der Waals surface area contributed by atoms with Gasteiger partial charge < -0.3 is 4.90 Å². The molecule has 1 aliphatic heterocycles. The highest BCUT2D eigenvalue weighted by atomic mass is 35.5. The van der Waals surface area contributed by atoms with Gasteiger partial charge in [0.05, 0.1) is 11.9 Å². The van der Waals surface area contributed by atoms with Crippen molar-refractivity contribution in [1.82, 2.24) is 4.98 Å². The molecule has 2 heterocycles. The van der Waals surface area contributed by atoms with Gasteiger partial charge in [0, 0.05) is 13.1 Å². The molecule has 0 saturated carbocycles. The van der Waals surface area contributed by atoms with E-state index in [0.29, 0.717) is 5.15 Å². The molecule has 0 aromatic carbocycles. The highest BCUT2D eigenvalue weighted by molar-refractivity contribution is 6.29. The standard InChI is InChI=1S/C10H13ClN2/c11-10-5-4-9(8-12-10)13-6-2-1-3-7-13/h4-5,8H,1-3,6-7H2. The Morgan fingerprint density at radius 2 is 1.92 bits per heavy atom. The molecule has 13 heavy (non-hydrogen) atoms. The molecule has 2 rings (SSSR count). The van der Waals surface area contributed by atoms with Crippen molar-refractivity contribution >= 4 is 17.3 Å². The quantitative estimate of drug-likeness (QED) is 0.643. The summed E-state index contributed by atoms with van der Waals surface area (Å²) in [5.74, 6) is 0. The lowest BCUT2D eigenvalue weighted by atomic mass is 10.1. The number of halogens is 1. The predicted octanol–water partition coefficient (Wildman–Crippen LogP) is 2.73. The topological polar surface area (TPSA) is 16.1 Å². The van der Waals surface area contributed by atoms with Gasteiger partial charge in [-0.2, -0.15) is 0 Å². The molecule has 0 radical (unpaired) electrons. The summed E-state index contributed by atoms with van der Waals surface area (Å²) >= 11 is 5.72. The smallest absolute Gasteiger partial charge is 0.129 e. The van der Waals surface area contributed by atoms with Crippen LogP contribution in [-0.4, -0.2) is 18.1 Å². The number of nitrogens with zero attached hydrogens (tertiary/aromatic N) is 2. The van der Waals surface area contributed by atoms with Gasteiger partial charge in [0.15, 0.2) is 0 Å². The van der Waals surface area contributed by atoms with Crippen LogP contribution in [0.2, 0.25) is 5.15 Å². The van der Waals surface area contributed by atoms with Gasteiger partial charge in [-0.1, -0.05) is 11.6 Å². The summed E-state index contributed by atoms with van der Waals surface area (Å²) < 4.78 is 0. The van der Waals surface area contributed by atoms with Crippen LogP contribution >= 0.6 is 11.6 Å². The van der Waals surface area contributed by atoms with Crippen LogP contribution in [0.4, 0.5) is 5.69 Å². The maximum Gasteiger partial charge on any atom is 0.129 e. The van der Waals surface area contributed by atoms with E-state index in [9.17, 15) is 0 Å². The Labute approximate surface area is 83.5 Å². The highest BCUT2D eigenvalue weighted by Gasteiger charge is 2.10. The first-order valence-corrected chi connectivity index (χ1v) is 5.10. The Balaban J connectivity index is 2.10. The molecule has 0 atom stereocenters. The van der Waals surface area contributed by atoms with Crippen LogP contribution in [0.15, 0.2) is 18.3 Å². The van der Waals surface area contributed by atoms with Crippen molar-refractivity contribution in [1.29, 1.82) is 0 Å². The Morgan fingerprint density at radius 1 is 1.15 bits per heavy atom. The third-order valence-corrected chi connectivity index (χ3v) is 2.66. The van der Waals surface area contributed by atoms with E-state index >= 15 is 0 Å². The van der Waals surface area contributed by atoms with Gasteiger partial charge in [0.2, 0.25) is 0 Å². The molecule has 3 heteroatoms. The zero-order chi connectivity index (χ0) is 9.10. The average molecular weight is 197 g/mol. The Morgan fingerprint density at radius 3 is 2.54 bits per heavy atom. The van der Waals surface area contributed by atoms with Crippen molar-refractivity contribution < 1.29 is 0 Å². The summed E-state index contributed by atoms with van der Waals surface area (Å²) in [5, 5.41) is 0.570. The zero-order valence-electron chi connectivity index (χ0n) is 7.54. The number of hydrogen-bond acceptors (Lipinski definition) is 2. The summed E-state index contributed by atoms with van der Waals surface area (Å²) in [7, 11) is 0. The van der Waals surface area contributed by atoms with Gasteiger partial charge in [-0.15, -0.1) is 0 Å². The van der Waals surface area contributed by atoms with Crippen LogP contribution in [0, 0.1) is 0 Å². The minimum Gasteiger partial charge on any atom is -0.370 e. The molecule has 0 spiro atoms. The first-order chi connectivity index (χ1) is 6.36. The molecule has 0 amide bonds. The molecule has 0 N–H and O–H groups in total. The van der Waals surface area contributed by atoms with Crippen molar-refractivity contribution in [2.45, 2.75) is 19.3 Å². The fraction of sp³-hybridized carbons (Fsp3) is 0.500. The number of anilines is 1. The number of pyridine rings is 1. The first-order valence-electron chi connectivity index (χ1n) is 4.73. The summed E-state index contributed by atoms with van der Waals surface area (Å²) in [6, 6.07) is 3.89. The fourth-order valence-electron chi connectivity index (χ4n) is 1.71. The van der Waals surface area contributed by atoms with E-state index in [-0.39, 0.29) is 0 Å². The molecule has 1 aromatic heterocycles. The predicted molar refractivity (Wildman–Crippen MR) is 55.3 cm³/mol. The summed E-state index contributed by atoms with van der Waals surface area (Å²) in [6.45, 7) is 2.31. The van der Waals surface area contributed by atoms with E-state index in [1.807, 2.05) is 18.3 Å². The van der Waals surface area contributed by atoms with Gasteiger partial charge >= 0.3 is 0 Å². The SMILES string of the molecule is Clc1ccc(N2CCCCC2)cn1. The molecule has 0 aliphatic carbocycles. The molecule has 1 aliphatic rings. The van der Waals surface area contributed by atoms with Crippen LogP contribution in [0.5, 0.6) is 0 Å². The van der Waals surface area contributed by atoms with E-state index in [1.54, 1.807) is 0 Å². The Bertz CT molecular complexity index is 265. The number of aromatic nitrogens is 1. The normalized spacial score (nSPS) is 17.5. The molecule has 0 bridgehead atoms.